The predicted molar refractivity (Wildman–Crippen MR) is 78.5 cm³/mol. The fourth-order valence-electron chi connectivity index (χ4n) is 1.85. The van der Waals surface area contributed by atoms with Gasteiger partial charge in [0.05, 0.1) is 0 Å². The first-order valence-corrected chi connectivity index (χ1v) is 6.92. The van der Waals surface area contributed by atoms with Crippen LogP contribution in [0.15, 0.2) is 0 Å². The molecule has 0 aromatic carbocycles. The molecule has 0 heterocycles. The Bertz CT molecular complexity index is 210. The van der Waals surface area contributed by atoms with Gasteiger partial charge in [-0.2, -0.15) is 0 Å². The summed E-state index contributed by atoms with van der Waals surface area (Å²) in [6, 6.07) is 1.23. The van der Waals surface area contributed by atoms with E-state index in [0.717, 1.165) is 6.54 Å². The minimum atomic E-state index is 0.230. The Labute approximate surface area is 109 Å². The molecule has 0 rings (SSSR count). The van der Waals surface area contributed by atoms with E-state index in [1.54, 1.807) is 0 Å². The molecule has 1 N–H and O–H groups in total. The van der Waals surface area contributed by atoms with Crippen molar-refractivity contribution in [3.8, 4) is 0 Å². The number of nitrogens with zero attached hydrogens (tertiary/aromatic N) is 1. The first-order chi connectivity index (χ1) is 7.45. The summed E-state index contributed by atoms with van der Waals surface area (Å²) in [4.78, 5) is 2.50. The van der Waals surface area contributed by atoms with E-state index < -0.39 is 0 Å². The summed E-state index contributed by atoms with van der Waals surface area (Å²) in [5.74, 6) is 0. The van der Waals surface area contributed by atoms with Crippen LogP contribution < -0.4 is 5.32 Å². The smallest absolute Gasteiger partial charge is 0.0115 e. The van der Waals surface area contributed by atoms with Crippen LogP contribution in [-0.2, 0) is 0 Å². The van der Waals surface area contributed by atoms with Gasteiger partial charge in [-0.3, -0.25) is 0 Å². The molecule has 0 fully saturated rings. The normalized spacial score (nSPS) is 17.3. The van der Waals surface area contributed by atoms with Crippen LogP contribution in [0.4, 0.5) is 0 Å². The van der Waals surface area contributed by atoms with Gasteiger partial charge in [-0.05, 0) is 60.0 Å². The Morgan fingerprint density at radius 1 is 1.00 bits per heavy atom. The summed E-state index contributed by atoms with van der Waals surface area (Å²) >= 11 is 0. The lowest BCUT2D eigenvalue weighted by Gasteiger charge is -2.39. The fraction of sp³-hybridized carbons (Fsp3) is 1.00. The van der Waals surface area contributed by atoms with E-state index in [1.807, 2.05) is 0 Å². The summed E-state index contributed by atoms with van der Waals surface area (Å²) < 4.78 is 0. The molecule has 0 amide bonds. The molecule has 104 valence electrons. The van der Waals surface area contributed by atoms with Crippen molar-refractivity contribution in [2.24, 2.45) is 5.41 Å². The molecule has 2 heteroatoms. The largest absolute Gasteiger partial charge is 0.312 e. The Morgan fingerprint density at radius 3 is 1.82 bits per heavy atom. The molecular weight excluding hydrogens is 208 g/mol. The molecule has 0 radical (unpaired) electrons. The van der Waals surface area contributed by atoms with E-state index in [1.165, 1.54) is 6.42 Å². The summed E-state index contributed by atoms with van der Waals surface area (Å²) in [6.45, 7) is 19.3. The molecule has 0 aliphatic carbocycles. The molecule has 2 unspecified atom stereocenters. The molecule has 0 saturated carbocycles. The molecule has 0 bridgehead atoms. The number of hydrogen-bond acceptors (Lipinski definition) is 2. The lowest BCUT2D eigenvalue weighted by atomic mass is 9.86. The van der Waals surface area contributed by atoms with Crippen molar-refractivity contribution >= 4 is 0 Å². The number of rotatable bonds is 5. The van der Waals surface area contributed by atoms with E-state index >= 15 is 0 Å². The van der Waals surface area contributed by atoms with Gasteiger partial charge in [0.2, 0.25) is 0 Å². The van der Waals surface area contributed by atoms with E-state index in [-0.39, 0.29) is 5.54 Å². The van der Waals surface area contributed by atoms with E-state index in [9.17, 15) is 0 Å². The third-order valence-electron chi connectivity index (χ3n) is 3.78. The zero-order chi connectivity index (χ0) is 13.9. The van der Waals surface area contributed by atoms with Crippen molar-refractivity contribution in [1.82, 2.24) is 10.2 Å². The lowest BCUT2D eigenvalue weighted by Crippen LogP contribution is -2.46. The zero-order valence-corrected chi connectivity index (χ0v) is 13.5. The average molecular weight is 242 g/mol. The van der Waals surface area contributed by atoms with Gasteiger partial charge in [-0.25, -0.2) is 0 Å². The SMILES string of the molecule is CC(CCNC(C)(C)C)N(C)C(C)C(C)(C)C. The maximum absolute atomic E-state index is 3.56. The summed E-state index contributed by atoms with van der Waals surface area (Å²) in [7, 11) is 2.25. The lowest BCUT2D eigenvalue weighted by molar-refractivity contribution is 0.0995. The van der Waals surface area contributed by atoms with Crippen LogP contribution in [0, 0.1) is 5.41 Å². The van der Waals surface area contributed by atoms with Crippen molar-refractivity contribution in [2.75, 3.05) is 13.6 Å². The Kier molecular flexibility index (Phi) is 6.16. The van der Waals surface area contributed by atoms with Crippen LogP contribution in [0.5, 0.6) is 0 Å². The summed E-state index contributed by atoms with van der Waals surface area (Å²) in [5.41, 5.74) is 0.578. The Hall–Kier alpha value is -0.0800. The first kappa shape index (κ1) is 16.9. The average Bonchev–Trinajstić information content (AvgIpc) is 2.11. The highest BCUT2D eigenvalue weighted by molar-refractivity contribution is 4.81. The van der Waals surface area contributed by atoms with Crippen LogP contribution >= 0.6 is 0 Å². The highest BCUT2D eigenvalue weighted by Crippen LogP contribution is 2.24. The second kappa shape index (κ2) is 6.19. The maximum Gasteiger partial charge on any atom is 0.0115 e. The fourth-order valence-corrected chi connectivity index (χ4v) is 1.85. The molecule has 0 aromatic rings. The molecule has 0 aromatic heterocycles. The topological polar surface area (TPSA) is 15.3 Å². The van der Waals surface area contributed by atoms with Crippen LogP contribution in [0.3, 0.4) is 0 Å². The van der Waals surface area contributed by atoms with Crippen LogP contribution in [0.25, 0.3) is 0 Å². The Balaban J connectivity index is 4.11. The second-order valence-electron chi connectivity index (χ2n) is 7.52. The summed E-state index contributed by atoms with van der Waals surface area (Å²) in [6.07, 6.45) is 1.20. The van der Waals surface area contributed by atoms with Crippen LogP contribution in [-0.4, -0.2) is 36.1 Å². The summed E-state index contributed by atoms with van der Waals surface area (Å²) in [5, 5.41) is 3.56. The molecule has 2 atom stereocenters. The van der Waals surface area contributed by atoms with Crippen molar-refractivity contribution in [3.63, 3.8) is 0 Å². The van der Waals surface area contributed by atoms with Gasteiger partial charge < -0.3 is 10.2 Å². The standard InChI is InChI=1S/C15H34N2/c1-12(10-11-16-15(6,7)8)17(9)13(2)14(3,4)5/h12-13,16H,10-11H2,1-9H3. The van der Waals surface area contributed by atoms with Gasteiger partial charge in [-0.1, -0.05) is 20.8 Å². The number of nitrogens with one attached hydrogen (secondary N) is 1. The van der Waals surface area contributed by atoms with Crippen LogP contribution in [0.2, 0.25) is 0 Å². The zero-order valence-electron chi connectivity index (χ0n) is 13.5. The molecule has 2 nitrogen and oxygen atoms in total. The monoisotopic (exact) mass is 242 g/mol. The van der Waals surface area contributed by atoms with Gasteiger partial charge in [0, 0.05) is 17.6 Å². The first-order valence-electron chi connectivity index (χ1n) is 6.92. The number of hydrogen-bond donors (Lipinski definition) is 1. The highest BCUT2D eigenvalue weighted by Gasteiger charge is 2.26. The third kappa shape index (κ3) is 7.05. The van der Waals surface area contributed by atoms with Crippen molar-refractivity contribution < 1.29 is 0 Å². The Morgan fingerprint density at radius 2 is 1.47 bits per heavy atom. The molecule has 0 aliphatic rings. The van der Waals surface area contributed by atoms with Crippen molar-refractivity contribution in [1.29, 1.82) is 0 Å². The minimum absolute atomic E-state index is 0.230. The maximum atomic E-state index is 3.56. The van der Waals surface area contributed by atoms with Gasteiger partial charge in [0.1, 0.15) is 0 Å². The van der Waals surface area contributed by atoms with Gasteiger partial charge >= 0.3 is 0 Å². The second-order valence-corrected chi connectivity index (χ2v) is 7.52. The molecule has 0 aliphatic heterocycles. The van der Waals surface area contributed by atoms with E-state index in [4.69, 9.17) is 0 Å². The third-order valence-corrected chi connectivity index (χ3v) is 3.78. The van der Waals surface area contributed by atoms with Crippen molar-refractivity contribution in [3.05, 3.63) is 0 Å². The van der Waals surface area contributed by atoms with Crippen molar-refractivity contribution in [2.45, 2.75) is 79.4 Å². The minimum Gasteiger partial charge on any atom is -0.312 e. The molecule has 0 saturated heterocycles. The highest BCUT2D eigenvalue weighted by atomic mass is 15.2. The van der Waals surface area contributed by atoms with Gasteiger partial charge in [0.15, 0.2) is 0 Å². The van der Waals surface area contributed by atoms with E-state index in [0.29, 0.717) is 17.5 Å². The molecule has 17 heavy (non-hydrogen) atoms. The molecular formula is C15H34N2. The van der Waals surface area contributed by atoms with Gasteiger partial charge in [0.25, 0.3) is 0 Å². The predicted octanol–water partition coefficient (Wildman–Crippen LogP) is 3.52. The van der Waals surface area contributed by atoms with Crippen LogP contribution in [0.1, 0.15) is 61.8 Å². The van der Waals surface area contributed by atoms with Gasteiger partial charge in [-0.15, -0.1) is 0 Å². The molecule has 0 spiro atoms. The van der Waals surface area contributed by atoms with E-state index in [2.05, 4.69) is 72.7 Å². The quantitative estimate of drug-likeness (QED) is 0.793.